The van der Waals surface area contributed by atoms with Gasteiger partial charge in [0.15, 0.2) is 0 Å². The van der Waals surface area contributed by atoms with Crippen LogP contribution in [0.15, 0.2) is 24.3 Å². The summed E-state index contributed by atoms with van der Waals surface area (Å²) < 4.78 is 0. The molecule has 1 fully saturated rings. The van der Waals surface area contributed by atoms with Gasteiger partial charge in [0.05, 0.1) is 5.92 Å². The van der Waals surface area contributed by atoms with E-state index in [0.717, 1.165) is 5.56 Å². The second kappa shape index (κ2) is 6.80. The van der Waals surface area contributed by atoms with E-state index >= 15 is 0 Å². The molecule has 1 aliphatic rings. The molecule has 5 nitrogen and oxygen atoms in total. The third-order valence-electron chi connectivity index (χ3n) is 3.82. The first-order chi connectivity index (χ1) is 9.97. The lowest BCUT2D eigenvalue weighted by molar-refractivity contribution is -0.142. The molecule has 0 saturated carbocycles. The van der Waals surface area contributed by atoms with Crippen LogP contribution in [-0.4, -0.2) is 41.6 Å². The highest BCUT2D eigenvalue weighted by molar-refractivity contribution is 6.30. The van der Waals surface area contributed by atoms with Crippen molar-refractivity contribution >= 4 is 23.6 Å². The Morgan fingerprint density at radius 1 is 1.33 bits per heavy atom. The summed E-state index contributed by atoms with van der Waals surface area (Å²) in [6, 6.07) is 7.29. The molecule has 1 aromatic carbocycles. The quantitative estimate of drug-likeness (QED) is 0.896. The van der Waals surface area contributed by atoms with Crippen molar-refractivity contribution in [1.82, 2.24) is 10.2 Å². The van der Waals surface area contributed by atoms with Gasteiger partial charge in [-0.25, -0.2) is 4.79 Å². The minimum Gasteiger partial charge on any atom is -0.481 e. The van der Waals surface area contributed by atoms with Gasteiger partial charge in [-0.2, -0.15) is 0 Å². The van der Waals surface area contributed by atoms with Crippen molar-refractivity contribution in [3.8, 4) is 0 Å². The number of hydrogen-bond donors (Lipinski definition) is 2. The number of nitrogens with zero attached hydrogens (tertiary/aromatic N) is 1. The lowest BCUT2D eigenvalue weighted by Crippen LogP contribution is -2.39. The zero-order valence-corrected chi connectivity index (χ0v) is 12.6. The van der Waals surface area contributed by atoms with Crippen molar-refractivity contribution < 1.29 is 14.7 Å². The SMILES string of the molecule is C[C@@H]1CN(C(=O)NCCc2ccc(Cl)cc2)C[C@H]1C(=O)O. The van der Waals surface area contributed by atoms with Crippen molar-refractivity contribution in [2.24, 2.45) is 11.8 Å². The summed E-state index contributed by atoms with van der Waals surface area (Å²) in [7, 11) is 0. The Morgan fingerprint density at radius 3 is 2.57 bits per heavy atom. The average Bonchev–Trinajstić information content (AvgIpc) is 2.83. The molecule has 2 atom stereocenters. The standard InChI is InChI=1S/C15H19ClN2O3/c1-10-8-18(9-13(10)14(19)20)15(21)17-7-6-11-2-4-12(16)5-3-11/h2-5,10,13H,6-9H2,1H3,(H,17,21)(H,19,20)/t10-,13-/m1/s1. The van der Waals surface area contributed by atoms with E-state index in [1.807, 2.05) is 31.2 Å². The summed E-state index contributed by atoms with van der Waals surface area (Å²) >= 11 is 5.81. The molecule has 0 unspecified atom stereocenters. The monoisotopic (exact) mass is 310 g/mol. The first-order valence-corrected chi connectivity index (χ1v) is 7.35. The van der Waals surface area contributed by atoms with E-state index < -0.39 is 11.9 Å². The van der Waals surface area contributed by atoms with Crippen LogP contribution in [0.25, 0.3) is 0 Å². The van der Waals surface area contributed by atoms with E-state index in [-0.39, 0.29) is 18.5 Å². The molecule has 0 radical (unpaired) electrons. The number of carbonyl (C=O) groups is 2. The lowest BCUT2D eigenvalue weighted by atomic mass is 9.99. The van der Waals surface area contributed by atoms with Gasteiger partial charge in [0.1, 0.15) is 0 Å². The van der Waals surface area contributed by atoms with Gasteiger partial charge in [-0.15, -0.1) is 0 Å². The van der Waals surface area contributed by atoms with Gasteiger partial charge >= 0.3 is 12.0 Å². The second-order valence-corrected chi connectivity index (χ2v) is 5.87. The summed E-state index contributed by atoms with van der Waals surface area (Å²) in [4.78, 5) is 24.6. The Morgan fingerprint density at radius 2 is 2.00 bits per heavy atom. The molecule has 1 aromatic rings. The average molecular weight is 311 g/mol. The number of rotatable bonds is 4. The number of carbonyl (C=O) groups excluding carboxylic acids is 1. The van der Waals surface area contributed by atoms with E-state index in [0.29, 0.717) is 24.5 Å². The number of benzene rings is 1. The molecule has 0 aromatic heterocycles. The topological polar surface area (TPSA) is 69.6 Å². The third-order valence-corrected chi connectivity index (χ3v) is 4.07. The van der Waals surface area contributed by atoms with Crippen LogP contribution in [-0.2, 0) is 11.2 Å². The Kier molecular flexibility index (Phi) is 5.07. The molecule has 0 spiro atoms. The van der Waals surface area contributed by atoms with Crippen molar-refractivity contribution in [3.05, 3.63) is 34.9 Å². The van der Waals surface area contributed by atoms with Crippen LogP contribution in [0.1, 0.15) is 12.5 Å². The van der Waals surface area contributed by atoms with Gasteiger partial charge in [0, 0.05) is 24.7 Å². The molecule has 21 heavy (non-hydrogen) atoms. The molecule has 6 heteroatoms. The van der Waals surface area contributed by atoms with Gasteiger partial charge in [-0.3, -0.25) is 4.79 Å². The highest BCUT2D eigenvalue weighted by Gasteiger charge is 2.36. The molecule has 2 N–H and O–H groups in total. The largest absolute Gasteiger partial charge is 0.481 e. The maximum absolute atomic E-state index is 12.0. The van der Waals surface area contributed by atoms with Gasteiger partial charge in [0.25, 0.3) is 0 Å². The van der Waals surface area contributed by atoms with E-state index in [2.05, 4.69) is 5.32 Å². The number of amides is 2. The molecular weight excluding hydrogens is 292 g/mol. The van der Waals surface area contributed by atoms with Crippen LogP contribution >= 0.6 is 11.6 Å². The summed E-state index contributed by atoms with van der Waals surface area (Å²) in [5, 5.41) is 12.6. The molecule has 2 rings (SSSR count). The Balaban J connectivity index is 1.77. The molecule has 0 bridgehead atoms. The molecule has 114 valence electrons. The fourth-order valence-electron chi connectivity index (χ4n) is 2.53. The predicted molar refractivity (Wildman–Crippen MR) is 80.4 cm³/mol. The summed E-state index contributed by atoms with van der Waals surface area (Å²) in [5.41, 5.74) is 1.10. The van der Waals surface area contributed by atoms with Crippen molar-refractivity contribution in [2.45, 2.75) is 13.3 Å². The lowest BCUT2D eigenvalue weighted by Gasteiger charge is -2.16. The highest BCUT2D eigenvalue weighted by Crippen LogP contribution is 2.22. The Bertz CT molecular complexity index is 518. The van der Waals surface area contributed by atoms with Gasteiger partial charge < -0.3 is 15.3 Å². The number of likely N-dealkylation sites (tertiary alicyclic amines) is 1. The van der Waals surface area contributed by atoms with Crippen molar-refractivity contribution in [2.75, 3.05) is 19.6 Å². The smallest absolute Gasteiger partial charge is 0.317 e. The van der Waals surface area contributed by atoms with Crippen molar-refractivity contribution in [3.63, 3.8) is 0 Å². The zero-order chi connectivity index (χ0) is 15.4. The number of carboxylic acid groups (broad SMARTS) is 1. The number of aliphatic carboxylic acids is 1. The van der Waals surface area contributed by atoms with Crippen LogP contribution in [0.2, 0.25) is 5.02 Å². The first kappa shape index (κ1) is 15.6. The minimum absolute atomic E-state index is 0.00971. The zero-order valence-electron chi connectivity index (χ0n) is 11.9. The molecule has 1 heterocycles. The summed E-state index contributed by atoms with van der Waals surface area (Å²) in [6.07, 6.45) is 0.717. The second-order valence-electron chi connectivity index (χ2n) is 5.44. The molecule has 1 aliphatic heterocycles. The molecule has 1 saturated heterocycles. The maximum atomic E-state index is 12.0. The number of halogens is 1. The molecule has 0 aliphatic carbocycles. The van der Waals surface area contributed by atoms with Crippen LogP contribution < -0.4 is 5.32 Å². The van der Waals surface area contributed by atoms with E-state index in [4.69, 9.17) is 16.7 Å². The predicted octanol–water partition coefficient (Wildman–Crippen LogP) is 2.24. The van der Waals surface area contributed by atoms with Crippen molar-refractivity contribution in [1.29, 1.82) is 0 Å². The Hall–Kier alpha value is -1.75. The van der Waals surface area contributed by atoms with Gasteiger partial charge in [-0.1, -0.05) is 30.7 Å². The van der Waals surface area contributed by atoms with Crippen LogP contribution in [0.5, 0.6) is 0 Å². The van der Waals surface area contributed by atoms with Gasteiger partial charge in [-0.05, 0) is 30.0 Å². The number of urea groups is 1. The van der Waals surface area contributed by atoms with Gasteiger partial charge in [0.2, 0.25) is 0 Å². The summed E-state index contributed by atoms with van der Waals surface area (Å²) in [6.45, 7) is 3.15. The highest BCUT2D eigenvalue weighted by atomic mass is 35.5. The number of carboxylic acids is 1. The molecular formula is C15H19ClN2O3. The van der Waals surface area contributed by atoms with Crippen LogP contribution in [0, 0.1) is 11.8 Å². The van der Waals surface area contributed by atoms with E-state index in [9.17, 15) is 9.59 Å². The summed E-state index contributed by atoms with van der Waals surface area (Å²) in [5.74, 6) is -1.31. The maximum Gasteiger partial charge on any atom is 0.317 e. The first-order valence-electron chi connectivity index (χ1n) is 6.97. The third kappa shape index (κ3) is 4.11. The number of hydrogen-bond acceptors (Lipinski definition) is 2. The molecule has 2 amide bonds. The fourth-order valence-corrected chi connectivity index (χ4v) is 2.66. The number of nitrogens with one attached hydrogen (secondary N) is 1. The normalized spacial score (nSPS) is 21.3. The fraction of sp³-hybridized carbons (Fsp3) is 0.467. The van der Waals surface area contributed by atoms with Crippen LogP contribution in [0.3, 0.4) is 0 Å². The van der Waals surface area contributed by atoms with E-state index in [1.54, 1.807) is 4.90 Å². The van der Waals surface area contributed by atoms with Crippen LogP contribution in [0.4, 0.5) is 4.79 Å². The van der Waals surface area contributed by atoms with E-state index in [1.165, 1.54) is 0 Å². The Labute approximate surface area is 128 Å². The minimum atomic E-state index is -0.834.